The van der Waals surface area contributed by atoms with Crippen LogP contribution in [0.5, 0.6) is 0 Å². The number of benzene rings is 2. The molecule has 6 nitrogen and oxygen atoms in total. The normalized spacial score (nSPS) is 17.2. The van der Waals surface area contributed by atoms with Gasteiger partial charge in [0.2, 0.25) is 15.9 Å². The summed E-state index contributed by atoms with van der Waals surface area (Å²) in [7, 11) is -2.29. The predicted octanol–water partition coefficient (Wildman–Crippen LogP) is 3.27. The van der Waals surface area contributed by atoms with E-state index in [1.54, 1.807) is 41.4 Å². The lowest BCUT2D eigenvalue weighted by Crippen LogP contribution is -2.38. The number of rotatable bonds is 6. The number of carbonyl (C=O) groups is 1. The van der Waals surface area contributed by atoms with Crippen molar-refractivity contribution in [2.24, 2.45) is 0 Å². The number of hydrogen-bond donors (Lipinski definition) is 0. The average molecular weight is 446 g/mol. The van der Waals surface area contributed by atoms with Crippen LogP contribution in [0.1, 0.15) is 10.9 Å². The Morgan fingerprint density at radius 1 is 1.17 bits per heavy atom. The highest BCUT2D eigenvalue weighted by Crippen LogP contribution is 2.38. The third-order valence-electron chi connectivity index (χ3n) is 5.06. The van der Waals surface area contributed by atoms with Crippen LogP contribution in [0, 0.1) is 5.82 Å². The van der Waals surface area contributed by atoms with Crippen LogP contribution >= 0.6 is 11.8 Å². The molecule has 3 aromatic rings. The molecule has 156 valence electrons. The number of para-hydroxylation sites is 1. The highest BCUT2D eigenvalue weighted by molar-refractivity contribution is 8.00. The molecule has 0 aliphatic carbocycles. The lowest BCUT2D eigenvalue weighted by Gasteiger charge is -2.26. The molecule has 9 heteroatoms. The van der Waals surface area contributed by atoms with Gasteiger partial charge in [-0.3, -0.25) is 9.78 Å². The van der Waals surface area contributed by atoms with Gasteiger partial charge in [-0.25, -0.2) is 12.8 Å². The molecule has 0 radical (unpaired) electrons. The number of halogens is 1. The van der Waals surface area contributed by atoms with Gasteiger partial charge in [-0.1, -0.05) is 30.3 Å². The monoisotopic (exact) mass is 445 g/mol. The average Bonchev–Trinajstić information content (AvgIpc) is 3.12. The van der Waals surface area contributed by atoms with E-state index >= 15 is 0 Å². The van der Waals surface area contributed by atoms with E-state index in [-0.39, 0.29) is 35.1 Å². The molecule has 1 atom stereocenters. The first-order chi connectivity index (χ1) is 14.4. The maximum absolute atomic E-state index is 13.2. The maximum Gasteiger partial charge on any atom is 0.245 e. The molecule has 1 aliphatic rings. The van der Waals surface area contributed by atoms with Gasteiger partial charge in [-0.2, -0.15) is 4.31 Å². The number of aromatic nitrogens is 1. The minimum absolute atomic E-state index is 0.0630. The predicted molar refractivity (Wildman–Crippen MR) is 115 cm³/mol. The van der Waals surface area contributed by atoms with E-state index in [9.17, 15) is 17.6 Å². The number of carbonyl (C=O) groups excluding carboxylic acids is 1. The highest BCUT2D eigenvalue weighted by Gasteiger charge is 2.33. The van der Waals surface area contributed by atoms with Crippen molar-refractivity contribution in [3.05, 3.63) is 72.2 Å². The van der Waals surface area contributed by atoms with E-state index < -0.39 is 10.0 Å². The molecule has 1 fully saturated rings. The molecule has 0 N–H and O–H groups in total. The third-order valence-corrected chi connectivity index (χ3v) is 8.21. The van der Waals surface area contributed by atoms with Crippen molar-refractivity contribution in [3.8, 4) is 0 Å². The largest absolute Gasteiger partial charge is 0.325 e. The molecule has 0 unspecified atom stereocenters. The van der Waals surface area contributed by atoms with Crippen molar-refractivity contribution in [2.75, 3.05) is 25.9 Å². The fourth-order valence-corrected chi connectivity index (χ4v) is 5.96. The van der Waals surface area contributed by atoms with E-state index in [1.807, 2.05) is 12.1 Å². The number of thioether (sulfide) groups is 1. The lowest BCUT2D eigenvalue weighted by molar-refractivity contribution is -0.128. The van der Waals surface area contributed by atoms with Crippen LogP contribution in [0.25, 0.3) is 10.9 Å². The second-order valence-electron chi connectivity index (χ2n) is 6.96. The minimum Gasteiger partial charge on any atom is -0.325 e. The summed E-state index contributed by atoms with van der Waals surface area (Å²) in [6.07, 6.45) is 1.56. The molecule has 1 amide bonds. The van der Waals surface area contributed by atoms with E-state index in [0.29, 0.717) is 11.3 Å². The molecule has 1 saturated heterocycles. The Balaban J connectivity index is 1.53. The first-order valence-corrected chi connectivity index (χ1v) is 11.8. The van der Waals surface area contributed by atoms with E-state index in [1.165, 1.54) is 35.2 Å². The minimum atomic E-state index is -3.79. The number of nitrogens with zero attached hydrogens (tertiary/aromatic N) is 3. The van der Waals surface area contributed by atoms with Gasteiger partial charge in [-0.05, 0) is 29.8 Å². The van der Waals surface area contributed by atoms with Gasteiger partial charge in [0.15, 0.2) is 0 Å². The highest BCUT2D eigenvalue weighted by atomic mass is 32.2. The van der Waals surface area contributed by atoms with Crippen molar-refractivity contribution in [2.45, 2.75) is 10.3 Å². The summed E-state index contributed by atoms with van der Waals surface area (Å²) in [4.78, 5) is 18.4. The van der Waals surface area contributed by atoms with Gasteiger partial charge < -0.3 is 4.90 Å². The lowest BCUT2D eigenvalue weighted by atomic mass is 10.2. The summed E-state index contributed by atoms with van der Waals surface area (Å²) in [6, 6.07) is 14.6. The smallest absolute Gasteiger partial charge is 0.245 e. The molecule has 1 aliphatic heterocycles. The molecule has 0 spiro atoms. The molecule has 30 heavy (non-hydrogen) atoms. The maximum atomic E-state index is 13.2. The van der Waals surface area contributed by atoms with Crippen molar-refractivity contribution < 1.29 is 17.6 Å². The zero-order valence-corrected chi connectivity index (χ0v) is 17.9. The molecule has 0 saturated carbocycles. The standard InChI is InChI=1S/C21H20FN3O3S2/c1-24(30(27,28)18-6-2-4-15-5-3-11-23-20(15)18)12-13-25-19(26)14-29-21(25)16-7-9-17(22)10-8-16/h2-11,21H,12-14H2,1H3/t21-/m0/s1. The Kier molecular flexibility index (Phi) is 5.77. The van der Waals surface area contributed by atoms with Gasteiger partial charge in [0.25, 0.3) is 0 Å². The summed E-state index contributed by atoms with van der Waals surface area (Å²) >= 11 is 1.45. The van der Waals surface area contributed by atoms with Crippen molar-refractivity contribution in [1.29, 1.82) is 0 Å². The van der Waals surface area contributed by atoms with Crippen LogP contribution in [0.2, 0.25) is 0 Å². The third kappa shape index (κ3) is 3.92. The summed E-state index contributed by atoms with van der Waals surface area (Å²) in [6.45, 7) is 0.372. The van der Waals surface area contributed by atoms with E-state index in [4.69, 9.17) is 0 Å². The van der Waals surface area contributed by atoms with E-state index in [0.717, 1.165) is 10.9 Å². The Bertz CT molecular complexity index is 1180. The Labute approximate surface area is 178 Å². The SMILES string of the molecule is CN(CCN1C(=O)CS[C@H]1c1ccc(F)cc1)S(=O)(=O)c1cccc2cccnc12. The number of amides is 1. The topological polar surface area (TPSA) is 70.6 Å². The van der Waals surface area contributed by atoms with Crippen LogP contribution < -0.4 is 0 Å². The van der Waals surface area contributed by atoms with Crippen LogP contribution in [-0.4, -0.2) is 54.4 Å². The molecular formula is C21H20FN3O3S2. The summed E-state index contributed by atoms with van der Waals surface area (Å²) < 4.78 is 40.8. The van der Waals surface area contributed by atoms with Gasteiger partial charge >= 0.3 is 0 Å². The van der Waals surface area contributed by atoms with Crippen LogP contribution in [0.3, 0.4) is 0 Å². The number of sulfonamides is 1. The van der Waals surface area contributed by atoms with Crippen LogP contribution in [0.15, 0.2) is 65.7 Å². The fourth-order valence-electron chi connectivity index (χ4n) is 3.42. The molecule has 4 rings (SSSR count). The first-order valence-electron chi connectivity index (χ1n) is 9.34. The van der Waals surface area contributed by atoms with Crippen LogP contribution in [-0.2, 0) is 14.8 Å². The molecule has 1 aromatic heterocycles. The van der Waals surface area contributed by atoms with Crippen molar-refractivity contribution >= 4 is 38.6 Å². The first kappa shape index (κ1) is 20.8. The van der Waals surface area contributed by atoms with Crippen molar-refractivity contribution in [1.82, 2.24) is 14.2 Å². The van der Waals surface area contributed by atoms with Crippen molar-refractivity contribution in [3.63, 3.8) is 0 Å². The summed E-state index contributed by atoms with van der Waals surface area (Å²) in [5.41, 5.74) is 1.24. The molecule has 0 bridgehead atoms. The van der Waals surface area contributed by atoms with Gasteiger partial charge in [0.05, 0.1) is 11.3 Å². The van der Waals surface area contributed by atoms with E-state index in [2.05, 4.69) is 4.98 Å². The van der Waals surface area contributed by atoms with Gasteiger partial charge in [-0.15, -0.1) is 11.8 Å². The molecule has 2 heterocycles. The van der Waals surface area contributed by atoms with Gasteiger partial charge in [0, 0.05) is 31.7 Å². The Morgan fingerprint density at radius 2 is 1.90 bits per heavy atom. The number of pyridine rings is 1. The quantitative estimate of drug-likeness (QED) is 0.583. The zero-order valence-electron chi connectivity index (χ0n) is 16.2. The Hall–Kier alpha value is -2.49. The number of hydrogen-bond acceptors (Lipinski definition) is 5. The number of likely N-dealkylation sites (N-methyl/N-ethyl adjacent to an activating group) is 1. The Morgan fingerprint density at radius 3 is 2.67 bits per heavy atom. The van der Waals surface area contributed by atoms with Gasteiger partial charge in [0.1, 0.15) is 16.1 Å². The zero-order chi connectivity index (χ0) is 21.3. The molecule has 2 aromatic carbocycles. The second kappa shape index (κ2) is 8.33. The molecular weight excluding hydrogens is 425 g/mol. The van der Waals surface area contributed by atoms with Crippen LogP contribution in [0.4, 0.5) is 4.39 Å². The summed E-state index contributed by atoms with van der Waals surface area (Å²) in [5, 5.41) is 0.489. The summed E-state index contributed by atoms with van der Waals surface area (Å²) in [5.74, 6) is -0.0905. The fraction of sp³-hybridized carbons (Fsp3) is 0.238. The number of fused-ring (bicyclic) bond motifs is 1. The second-order valence-corrected chi connectivity index (χ2v) is 10.0.